The maximum absolute atomic E-state index is 11.5. The van der Waals surface area contributed by atoms with Gasteiger partial charge in [-0.15, -0.1) is 0 Å². The number of ether oxygens (including phenoxy) is 1. The Hall–Kier alpha value is -1.27. The number of hydrogen-bond donors (Lipinski definition) is 2. The monoisotopic (exact) mass is 268 g/mol. The van der Waals surface area contributed by atoms with Crippen molar-refractivity contribution in [2.45, 2.75) is 18.8 Å². The van der Waals surface area contributed by atoms with Gasteiger partial charge in [0.05, 0.1) is 5.69 Å². The van der Waals surface area contributed by atoms with Crippen molar-refractivity contribution >= 4 is 15.7 Å². The van der Waals surface area contributed by atoms with Gasteiger partial charge < -0.3 is 10.1 Å². The number of anilines is 1. The summed E-state index contributed by atoms with van der Waals surface area (Å²) in [6, 6.07) is 5.80. The van der Waals surface area contributed by atoms with Gasteiger partial charge in [-0.25, -0.2) is 8.42 Å². The lowest BCUT2D eigenvalue weighted by molar-refractivity contribution is 0.374. The fourth-order valence-electron chi connectivity index (χ4n) is 2.50. The summed E-state index contributed by atoms with van der Waals surface area (Å²) < 4.78 is 30.7. The third-order valence-electron chi connectivity index (χ3n) is 3.45. The summed E-state index contributed by atoms with van der Waals surface area (Å²) in [6.45, 7) is 2.04. The summed E-state index contributed by atoms with van der Waals surface area (Å²) in [5, 5.41) is 3.32. The van der Waals surface area contributed by atoms with Crippen molar-refractivity contribution in [3.05, 3.63) is 23.8 Å². The van der Waals surface area contributed by atoms with Gasteiger partial charge in [-0.05, 0) is 49.5 Å². The van der Waals surface area contributed by atoms with Crippen LogP contribution in [0, 0.1) is 0 Å². The molecule has 0 spiro atoms. The summed E-state index contributed by atoms with van der Waals surface area (Å²) >= 11 is 0. The van der Waals surface area contributed by atoms with Crippen molar-refractivity contribution < 1.29 is 13.2 Å². The van der Waals surface area contributed by atoms with Crippen LogP contribution in [-0.2, 0) is 10.0 Å². The highest BCUT2D eigenvalue weighted by atomic mass is 32.2. The van der Waals surface area contributed by atoms with Gasteiger partial charge in [0.15, 0.2) is 0 Å². The molecule has 1 saturated heterocycles. The van der Waals surface area contributed by atoms with Gasteiger partial charge in [0.25, 0.3) is 10.0 Å². The molecule has 2 aliphatic rings. The van der Waals surface area contributed by atoms with E-state index >= 15 is 0 Å². The van der Waals surface area contributed by atoms with Crippen LogP contribution in [0.5, 0.6) is 5.75 Å². The standard InChI is InChI=1S/C12H16N2O3S/c15-18(16)8-17-12-2-1-10(7-11(12)14-18)9-3-5-13-6-4-9/h1-2,7,9,13-14H,3-6,8H2. The minimum atomic E-state index is -3.33. The molecule has 1 aromatic rings. The summed E-state index contributed by atoms with van der Waals surface area (Å²) in [7, 11) is -3.33. The van der Waals surface area contributed by atoms with Crippen LogP contribution in [0.1, 0.15) is 24.3 Å². The molecular weight excluding hydrogens is 252 g/mol. The zero-order valence-corrected chi connectivity index (χ0v) is 10.8. The average molecular weight is 268 g/mol. The number of nitrogens with one attached hydrogen (secondary N) is 2. The van der Waals surface area contributed by atoms with E-state index in [0.29, 0.717) is 17.4 Å². The first-order valence-electron chi connectivity index (χ1n) is 6.12. The maximum Gasteiger partial charge on any atom is 0.268 e. The van der Waals surface area contributed by atoms with Crippen molar-refractivity contribution in [2.24, 2.45) is 0 Å². The molecule has 5 nitrogen and oxygen atoms in total. The fourth-order valence-corrected chi connectivity index (χ4v) is 3.34. The normalized spacial score (nSPS) is 22.7. The van der Waals surface area contributed by atoms with Gasteiger partial charge in [0, 0.05) is 0 Å². The highest BCUT2D eigenvalue weighted by Gasteiger charge is 2.23. The highest BCUT2D eigenvalue weighted by Crippen LogP contribution is 2.34. The minimum absolute atomic E-state index is 0.299. The third kappa shape index (κ3) is 2.30. The number of hydrogen-bond acceptors (Lipinski definition) is 4. The third-order valence-corrected chi connectivity index (χ3v) is 4.41. The van der Waals surface area contributed by atoms with E-state index in [0.717, 1.165) is 25.9 Å². The molecule has 0 atom stereocenters. The van der Waals surface area contributed by atoms with Crippen LogP contribution in [0.3, 0.4) is 0 Å². The predicted molar refractivity (Wildman–Crippen MR) is 69.3 cm³/mol. The summed E-state index contributed by atoms with van der Waals surface area (Å²) in [6.07, 6.45) is 2.18. The second kappa shape index (κ2) is 4.44. The van der Waals surface area contributed by atoms with E-state index in [1.807, 2.05) is 18.2 Å². The van der Waals surface area contributed by atoms with E-state index < -0.39 is 10.0 Å². The first-order chi connectivity index (χ1) is 8.64. The van der Waals surface area contributed by atoms with E-state index in [2.05, 4.69) is 10.0 Å². The molecule has 2 heterocycles. The second-order valence-corrected chi connectivity index (χ2v) is 6.43. The largest absolute Gasteiger partial charge is 0.474 e. The molecule has 6 heteroatoms. The maximum atomic E-state index is 11.5. The molecule has 0 radical (unpaired) electrons. The van der Waals surface area contributed by atoms with E-state index in [1.54, 1.807) is 0 Å². The minimum Gasteiger partial charge on any atom is -0.474 e. The molecule has 1 fully saturated rings. The molecule has 1 aromatic carbocycles. The Bertz CT molecular complexity index is 550. The second-order valence-electron chi connectivity index (χ2n) is 4.76. The molecule has 18 heavy (non-hydrogen) atoms. The lowest BCUT2D eigenvalue weighted by Gasteiger charge is -2.25. The summed E-state index contributed by atoms with van der Waals surface area (Å²) in [5.41, 5.74) is 1.75. The van der Waals surface area contributed by atoms with Crippen LogP contribution in [-0.4, -0.2) is 27.4 Å². The fraction of sp³-hybridized carbons (Fsp3) is 0.500. The average Bonchev–Trinajstić information content (AvgIpc) is 2.38. The van der Waals surface area contributed by atoms with Gasteiger partial charge in [-0.1, -0.05) is 6.07 Å². The van der Waals surface area contributed by atoms with Crippen molar-refractivity contribution in [2.75, 3.05) is 23.8 Å². The van der Waals surface area contributed by atoms with E-state index in [4.69, 9.17) is 4.74 Å². The van der Waals surface area contributed by atoms with Gasteiger partial charge >= 0.3 is 0 Å². The molecule has 3 rings (SSSR count). The Balaban J connectivity index is 1.90. The molecule has 2 aliphatic heterocycles. The Morgan fingerprint density at radius 2 is 2.00 bits per heavy atom. The van der Waals surface area contributed by atoms with E-state index in [-0.39, 0.29) is 5.94 Å². The quantitative estimate of drug-likeness (QED) is 0.804. The highest BCUT2D eigenvalue weighted by molar-refractivity contribution is 7.92. The molecule has 0 saturated carbocycles. The van der Waals surface area contributed by atoms with Crippen LogP contribution in [0.25, 0.3) is 0 Å². The molecule has 0 unspecified atom stereocenters. The Labute approximate surface area is 107 Å². The van der Waals surface area contributed by atoms with Crippen LogP contribution in [0.4, 0.5) is 5.69 Å². The smallest absolute Gasteiger partial charge is 0.268 e. The van der Waals surface area contributed by atoms with Crippen molar-refractivity contribution in [3.8, 4) is 5.75 Å². The van der Waals surface area contributed by atoms with Crippen LogP contribution in [0.2, 0.25) is 0 Å². The van der Waals surface area contributed by atoms with Gasteiger partial charge in [-0.2, -0.15) is 0 Å². The van der Waals surface area contributed by atoms with Gasteiger partial charge in [0.2, 0.25) is 5.94 Å². The number of sulfonamides is 1. The van der Waals surface area contributed by atoms with Gasteiger partial charge in [-0.3, -0.25) is 4.72 Å². The van der Waals surface area contributed by atoms with Crippen molar-refractivity contribution in [3.63, 3.8) is 0 Å². The SMILES string of the molecule is O=S1(=O)COc2ccc(C3CCNCC3)cc2N1. The number of benzene rings is 1. The first-order valence-corrected chi connectivity index (χ1v) is 7.77. The number of rotatable bonds is 1. The molecule has 98 valence electrons. The van der Waals surface area contributed by atoms with Crippen molar-refractivity contribution in [1.82, 2.24) is 5.32 Å². The van der Waals surface area contributed by atoms with Crippen molar-refractivity contribution in [1.29, 1.82) is 0 Å². The molecule has 0 aromatic heterocycles. The summed E-state index contributed by atoms with van der Waals surface area (Å²) in [5.74, 6) is 0.817. The van der Waals surface area contributed by atoms with E-state index in [1.165, 1.54) is 5.56 Å². The number of piperidine rings is 1. The first kappa shape index (κ1) is 11.8. The zero-order valence-electron chi connectivity index (χ0n) is 9.98. The number of fused-ring (bicyclic) bond motifs is 1. The molecule has 0 bridgehead atoms. The van der Waals surface area contributed by atoms with Gasteiger partial charge in [0.1, 0.15) is 5.75 Å². The van der Waals surface area contributed by atoms with Crippen LogP contribution in [0.15, 0.2) is 18.2 Å². The summed E-state index contributed by atoms with van der Waals surface area (Å²) in [4.78, 5) is 0. The van der Waals surface area contributed by atoms with Crippen LogP contribution < -0.4 is 14.8 Å². The molecule has 0 aliphatic carbocycles. The lowest BCUT2D eigenvalue weighted by atomic mass is 9.90. The van der Waals surface area contributed by atoms with Crippen LogP contribution >= 0.6 is 0 Å². The Morgan fingerprint density at radius 1 is 1.22 bits per heavy atom. The molecule has 2 N–H and O–H groups in total. The zero-order chi connectivity index (χ0) is 12.6. The van der Waals surface area contributed by atoms with E-state index in [9.17, 15) is 8.42 Å². The lowest BCUT2D eigenvalue weighted by Crippen LogP contribution is -2.27. The Morgan fingerprint density at radius 3 is 2.78 bits per heavy atom. The molecular formula is C12H16N2O3S. The molecule has 0 amide bonds. The Kier molecular flexibility index (Phi) is 2.91. The predicted octanol–water partition coefficient (Wildman–Crippen LogP) is 1.25. The topological polar surface area (TPSA) is 67.4 Å².